The van der Waals surface area contributed by atoms with Crippen molar-refractivity contribution >= 4 is 11.5 Å². The van der Waals surface area contributed by atoms with Crippen molar-refractivity contribution in [1.29, 1.82) is 0 Å². The Morgan fingerprint density at radius 2 is 2.35 bits per heavy atom. The Hall–Kier alpha value is -1.69. The zero-order valence-corrected chi connectivity index (χ0v) is 10.0. The van der Waals surface area contributed by atoms with Gasteiger partial charge in [-0.25, -0.2) is 4.98 Å². The van der Waals surface area contributed by atoms with Crippen LogP contribution in [0.3, 0.4) is 0 Å². The van der Waals surface area contributed by atoms with Crippen LogP contribution in [0.1, 0.15) is 13.8 Å². The Labute approximate surface area is 99.8 Å². The van der Waals surface area contributed by atoms with E-state index in [1.54, 1.807) is 0 Å². The van der Waals surface area contributed by atoms with Crippen LogP contribution in [0.5, 0.6) is 0 Å². The average Bonchev–Trinajstić information content (AvgIpc) is 2.28. The van der Waals surface area contributed by atoms with Crippen LogP contribution in [-0.4, -0.2) is 35.1 Å². The number of anilines is 1. The van der Waals surface area contributed by atoms with Crippen molar-refractivity contribution in [3.63, 3.8) is 0 Å². The van der Waals surface area contributed by atoms with E-state index in [1.807, 2.05) is 0 Å². The minimum atomic E-state index is -0.389. The molecule has 1 aliphatic heterocycles. The molecule has 6 nitrogen and oxygen atoms in total. The third kappa shape index (κ3) is 2.36. The maximum atomic E-state index is 10.7. The summed E-state index contributed by atoms with van der Waals surface area (Å²) in [7, 11) is 0. The number of aromatic nitrogens is 1. The van der Waals surface area contributed by atoms with Gasteiger partial charge in [0.2, 0.25) is 0 Å². The van der Waals surface area contributed by atoms with Crippen molar-refractivity contribution in [2.24, 2.45) is 0 Å². The van der Waals surface area contributed by atoms with Crippen LogP contribution in [0.4, 0.5) is 11.5 Å². The van der Waals surface area contributed by atoms with Crippen molar-refractivity contribution < 1.29 is 4.92 Å². The van der Waals surface area contributed by atoms with Crippen LogP contribution in [0.15, 0.2) is 18.3 Å². The van der Waals surface area contributed by atoms with E-state index in [2.05, 4.69) is 29.0 Å². The molecular weight excluding hydrogens is 220 g/mol. The van der Waals surface area contributed by atoms with E-state index in [1.165, 1.54) is 18.3 Å². The number of nitrogens with zero attached hydrogens (tertiary/aromatic N) is 3. The molecule has 0 aliphatic carbocycles. The highest BCUT2D eigenvalue weighted by atomic mass is 16.6. The minimum absolute atomic E-state index is 0.0829. The van der Waals surface area contributed by atoms with E-state index in [9.17, 15) is 10.1 Å². The van der Waals surface area contributed by atoms with Gasteiger partial charge in [0.15, 0.2) is 0 Å². The molecule has 0 atom stereocenters. The summed E-state index contributed by atoms with van der Waals surface area (Å²) < 4.78 is 0. The first-order valence-electron chi connectivity index (χ1n) is 5.59. The van der Waals surface area contributed by atoms with E-state index in [0.29, 0.717) is 5.82 Å². The van der Waals surface area contributed by atoms with Crippen LogP contribution in [-0.2, 0) is 0 Å². The van der Waals surface area contributed by atoms with Gasteiger partial charge in [0.25, 0.3) is 5.69 Å². The first-order valence-corrected chi connectivity index (χ1v) is 5.59. The Kier molecular flexibility index (Phi) is 2.97. The maximum Gasteiger partial charge on any atom is 0.274 e. The average molecular weight is 236 g/mol. The molecule has 0 amide bonds. The van der Waals surface area contributed by atoms with E-state index < -0.39 is 0 Å². The summed E-state index contributed by atoms with van der Waals surface area (Å²) in [6.07, 6.45) is 1.49. The predicted octanol–water partition coefficient (Wildman–Crippen LogP) is 1.18. The van der Waals surface area contributed by atoms with E-state index in [-0.39, 0.29) is 16.1 Å². The number of hydrogen-bond donors (Lipinski definition) is 1. The molecule has 1 aromatic heterocycles. The fourth-order valence-corrected chi connectivity index (χ4v) is 2.08. The molecule has 0 radical (unpaired) electrons. The molecule has 2 rings (SSSR count). The maximum absolute atomic E-state index is 10.7. The van der Waals surface area contributed by atoms with Crippen molar-refractivity contribution in [3.8, 4) is 0 Å². The first-order chi connectivity index (χ1) is 8.00. The van der Waals surface area contributed by atoms with Gasteiger partial charge in [0.05, 0.1) is 11.0 Å². The fourth-order valence-electron chi connectivity index (χ4n) is 2.08. The zero-order chi connectivity index (χ0) is 12.5. The SMILES string of the molecule is CC1(C)CNCCN1c1cc([N+](=O)[O-])ccn1. The highest BCUT2D eigenvalue weighted by molar-refractivity contribution is 5.49. The Balaban J connectivity index is 2.32. The normalized spacial score (nSPS) is 19.1. The zero-order valence-electron chi connectivity index (χ0n) is 10.0. The third-order valence-corrected chi connectivity index (χ3v) is 3.02. The molecule has 1 aliphatic rings. The minimum Gasteiger partial charge on any atom is -0.349 e. The molecule has 0 bridgehead atoms. The Morgan fingerprint density at radius 1 is 1.59 bits per heavy atom. The second kappa shape index (κ2) is 4.29. The van der Waals surface area contributed by atoms with Gasteiger partial charge in [-0.05, 0) is 13.8 Å². The van der Waals surface area contributed by atoms with Crippen LogP contribution in [0.2, 0.25) is 0 Å². The molecule has 0 saturated carbocycles. The quantitative estimate of drug-likeness (QED) is 0.616. The van der Waals surface area contributed by atoms with Gasteiger partial charge >= 0.3 is 0 Å². The molecule has 1 aromatic rings. The largest absolute Gasteiger partial charge is 0.349 e. The standard InChI is InChI=1S/C11H16N4O2/c1-11(2)8-12-5-6-14(11)10-7-9(15(16)17)3-4-13-10/h3-4,7,12H,5-6,8H2,1-2H3. The molecule has 0 spiro atoms. The molecule has 1 fully saturated rings. The van der Waals surface area contributed by atoms with Gasteiger partial charge in [-0.15, -0.1) is 0 Å². The van der Waals surface area contributed by atoms with Gasteiger partial charge in [0.1, 0.15) is 5.82 Å². The lowest BCUT2D eigenvalue weighted by molar-refractivity contribution is -0.384. The second-order valence-electron chi connectivity index (χ2n) is 4.77. The lowest BCUT2D eigenvalue weighted by Gasteiger charge is -2.43. The van der Waals surface area contributed by atoms with Gasteiger partial charge in [-0.2, -0.15) is 0 Å². The summed E-state index contributed by atoms with van der Waals surface area (Å²) in [4.78, 5) is 16.7. The summed E-state index contributed by atoms with van der Waals surface area (Å²) in [6, 6.07) is 2.95. The van der Waals surface area contributed by atoms with Gasteiger partial charge < -0.3 is 10.2 Å². The van der Waals surface area contributed by atoms with E-state index >= 15 is 0 Å². The highest BCUT2D eigenvalue weighted by Gasteiger charge is 2.31. The van der Waals surface area contributed by atoms with Crippen LogP contribution in [0, 0.1) is 10.1 Å². The van der Waals surface area contributed by atoms with Crippen LogP contribution >= 0.6 is 0 Å². The smallest absolute Gasteiger partial charge is 0.274 e. The van der Waals surface area contributed by atoms with Crippen molar-refractivity contribution in [1.82, 2.24) is 10.3 Å². The van der Waals surface area contributed by atoms with Crippen molar-refractivity contribution in [3.05, 3.63) is 28.4 Å². The molecular formula is C11H16N4O2. The summed E-state index contributed by atoms with van der Waals surface area (Å²) in [5, 5.41) is 14.1. The number of nitro groups is 1. The first kappa shape index (κ1) is 11.8. The van der Waals surface area contributed by atoms with Gasteiger partial charge in [-0.1, -0.05) is 0 Å². The van der Waals surface area contributed by atoms with E-state index in [0.717, 1.165) is 19.6 Å². The highest BCUT2D eigenvalue weighted by Crippen LogP contribution is 2.25. The van der Waals surface area contributed by atoms with Crippen molar-refractivity contribution in [2.75, 3.05) is 24.5 Å². The Morgan fingerprint density at radius 3 is 3.00 bits per heavy atom. The molecule has 1 saturated heterocycles. The number of rotatable bonds is 2. The van der Waals surface area contributed by atoms with Gasteiger partial charge in [0, 0.05) is 37.4 Å². The monoisotopic (exact) mass is 236 g/mol. The lowest BCUT2D eigenvalue weighted by Crippen LogP contribution is -2.58. The molecule has 17 heavy (non-hydrogen) atoms. The number of hydrogen-bond acceptors (Lipinski definition) is 5. The van der Waals surface area contributed by atoms with Crippen molar-refractivity contribution in [2.45, 2.75) is 19.4 Å². The fraction of sp³-hybridized carbons (Fsp3) is 0.545. The second-order valence-corrected chi connectivity index (χ2v) is 4.77. The summed E-state index contributed by atoms with van der Waals surface area (Å²) in [5.41, 5.74) is 0.00448. The molecule has 0 unspecified atom stereocenters. The topological polar surface area (TPSA) is 71.3 Å². The van der Waals surface area contributed by atoms with Gasteiger partial charge in [-0.3, -0.25) is 10.1 Å². The van der Waals surface area contributed by atoms with Crippen LogP contribution in [0.25, 0.3) is 0 Å². The molecule has 0 aromatic carbocycles. The number of piperazine rings is 1. The van der Waals surface area contributed by atoms with Crippen LogP contribution < -0.4 is 10.2 Å². The molecule has 6 heteroatoms. The van der Waals surface area contributed by atoms with E-state index in [4.69, 9.17) is 0 Å². The summed E-state index contributed by atoms with van der Waals surface area (Å²) in [5.74, 6) is 0.672. The Bertz CT molecular complexity index is 433. The molecule has 92 valence electrons. The lowest BCUT2D eigenvalue weighted by atomic mass is 10.0. The number of pyridine rings is 1. The summed E-state index contributed by atoms with van der Waals surface area (Å²) >= 11 is 0. The molecule has 2 heterocycles. The predicted molar refractivity (Wildman–Crippen MR) is 65.2 cm³/mol. The molecule has 1 N–H and O–H groups in total. The summed E-state index contributed by atoms with van der Waals surface area (Å²) in [6.45, 7) is 6.71. The third-order valence-electron chi connectivity index (χ3n) is 3.02. The number of nitrogens with one attached hydrogen (secondary N) is 1.